The molecule has 2 rings (SSSR count). The van der Waals surface area contributed by atoms with Crippen molar-refractivity contribution in [1.29, 1.82) is 0 Å². The van der Waals surface area contributed by atoms with E-state index in [1.54, 1.807) is 23.3 Å². The van der Waals surface area contributed by atoms with Crippen molar-refractivity contribution in [1.82, 2.24) is 14.9 Å². The summed E-state index contributed by atoms with van der Waals surface area (Å²) in [6.07, 6.45) is 2.85. The number of nitrogens with one attached hydrogen (secondary N) is 1. The maximum atomic E-state index is 12.0. The molecule has 2 heterocycles. The van der Waals surface area contributed by atoms with Crippen LogP contribution in [0.2, 0.25) is 0 Å². The quantitative estimate of drug-likeness (QED) is 0.943. The highest BCUT2D eigenvalue weighted by molar-refractivity contribution is 7.14. The maximum Gasteiger partial charge on any atom is 0.323 e. The highest BCUT2D eigenvalue weighted by atomic mass is 32.1. The third-order valence-electron chi connectivity index (χ3n) is 2.50. The normalized spacial score (nSPS) is 10.5. The number of urea groups is 1. The molecule has 0 saturated heterocycles. The standard InChI is InChI=1S/C12H16N4OS2/c1-4-9-5-13-10(19-9)6-16(3)12(17)15-11-14-8(2)7-18-11/h5,7H,4,6H2,1-3H3,(H,14,15,17). The Balaban J connectivity index is 1.91. The van der Waals surface area contributed by atoms with Crippen molar-refractivity contribution in [2.75, 3.05) is 12.4 Å². The zero-order valence-electron chi connectivity index (χ0n) is 11.1. The van der Waals surface area contributed by atoms with Crippen molar-refractivity contribution in [3.05, 3.63) is 27.2 Å². The Morgan fingerprint density at radius 2 is 2.32 bits per heavy atom. The molecule has 5 nitrogen and oxygen atoms in total. The van der Waals surface area contributed by atoms with Gasteiger partial charge in [0.1, 0.15) is 5.01 Å². The van der Waals surface area contributed by atoms with Gasteiger partial charge in [-0.2, -0.15) is 0 Å². The fourth-order valence-corrected chi connectivity index (χ4v) is 3.05. The lowest BCUT2D eigenvalue weighted by Gasteiger charge is -2.15. The summed E-state index contributed by atoms with van der Waals surface area (Å²) in [5.41, 5.74) is 0.912. The van der Waals surface area contributed by atoms with Gasteiger partial charge in [-0.05, 0) is 13.3 Å². The minimum absolute atomic E-state index is 0.164. The van der Waals surface area contributed by atoms with Crippen LogP contribution in [0.15, 0.2) is 11.6 Å². The van der Waals surface area contributed by atoms with E-state index in [0.717, 1.165) is 17.1 Å². The summed E-state index contributed by atoms with van der Waals surface area (Å²) in [7, 11) is 1.75. The van der Waals surface area contributed by atoms with Crippen LogP contribution in [-0.2, 0) is 13.0 Å². The van der Waals surface area contributed by atoms with Crippen LogP contribution < -0.4 is 5.32 Å². The highest BCUT2D eigenvalue weighted by Crippen LogP contribution is 2.17. The molecule has 0 unspecified atom stereocenters. The zero-order chi connectivity index (χ0) is 13.8. The number of carbonyl (C=O) groups is 1. The molecule has 1 N–H and O–H groups in total. The van der Waals surface area contributed by atoms with Gasteiger partial charge in [-0.1, -0.05) is 6.92 Å². The van der Waals surface area contributed by atoms with E-state index in [2.05, 4.69) is 22.2 Å². The molecule has 0 spiro atoms. The van der Waals surface area contributed by atoms with E-state index in [9.17, 15) is 4.79 Å². The van der Waals surface area contributed by atoms with Gasteiger partial charge in [0.05, 0.1) is 12.2 Å². The lowest BCUT2D eigenvalue weighted by Crippen LogP contribution is -2.30. The Morgan fingerprint density at radius 1 is 1.53 bits per heavy atom. The predicted molar refractivity (Wildman–Crippen MR) is 78.8 cm³/mol. The number of hydrogen-bond donors (Lipinski definition) is 1. The van der Waals surface area contributed by atoms with Crippen LogP contribution in [0, 0.1) is 6.92 Å². The first kappa shape index (κ1) is 14.0. The van der Waals surface area contributed by atoms with Gasteiger partial charge in [0.15, 0.2) is 5.13 Å². The molecule has 7 heteroatoms. The lowest BCUT2D eigenvalue weighted by molar-refractivity contribution is 0.220. The number of rotatable bonds is 4. The first-order chi connectivity index (χ1) is 9.08. The van der Waals surface area contributed by atoms with Gasteiger partial charge >= 0.3 is 6.03 Å². The molecule has 0 aromatic carbocycles. The summed E-state index contributed by atoms with van der Waals surface area (Å²) in [4.78, 5) is 23.3. The van der Waals surface area contributed by atoms with Crippen LogP contribution in [0.3, 0.4) is 0 Å². The summed E-state index contributed by atoms with van der Waals surface area (Å²) in [6, 6.07) is -0.164. The van der Waals surface area contributed by atoms with E-state index >= 15 is 0 Å². The Labute approximate surface area is 120 Å². The van der Waals surface area contributed by atoms with Gasteiger partial charge in [-0.15, -0.1) is 22.7 Å². The average Bonchev–Trinajstić information content (AvgIpc) is 2.98. The first-order valence-electron chi connectivity index (χ1n) is 5.96. The van der Waals surface area contributed by atoms with E-state index in [-0.39, 0.29) is 6.03 Å². The molecule has 0 atom stereocenters. The highest BCUT2D eigenvalue weighted by Gasteiger charge is 2.12. The minimum atomic E-state index is -0.164. The predicted octanol–water partition coefficient (Wildman–Crippen LogP) is 3.13. The summed E-state index contributed by atoms with van der Waals surface area (Å²) in [5, 5.41) is 6.26. The van der Waals surface area contributed by atoms with Crippen LogP contribution in [-0.4, -0.2) is 27.9 Å². The van der Waals surface area contributed by atoms with Crippen LogP contribution >= 0.6 is 22.7 Å². The molecule has 0 aliphatic rings. The number of nitrogens with zero attached hydrogens (tertiary/aromatic N) is 3. The average molecular weight is 296 g/mol. The second-order valence-electron chi connectivity index (χ2n) is 4.15. The van der Waals surface area contributed by atoms with Crippen LogP contribution in [0.5, 0.6) is 0 Å². The van der Waals surface area contributed by atoms with Crippen molar-refractivity contribution < 1.29 is 4.79 Å². The largest absolute Gasteiger partial charge is 0.323 e. The fraction of sp³-hybridized carbons (Fsp3) is 0.417. The molecule has 0 saturated carbocycles. The van der Waals surface area contributed by atoms with E-state index < -0.39 is 0 Å². The Hall–Kier alpha value is -1.47. The Kier molecular flexibility index (Phi) is 4.49. The number of hydrogen-bond acceptors (Lipinski definition) is 5. The minimum Gasteiger partial charge on any atom is -0.321 e. The Bertz CT molecular complexity index is 564. The second-order valence-corrected chi connectivity index (χ2v) is 6.21. The topological polar surface area (TPSA) is 58.1 Å². The van der Waals surface area contributed by atoms with Crippen molar-refractivity contribution in [3.63, 3.8) is 0 Å². The molecule has 19 heavy (non-hydrogen) atoms. The smallest absolute Gasteiger partial charge is 0.321 e. The molecule has 0 fully saturated rings. The van der Waals surface area contributed by atoms with Gasteiger partial charge in [0.25, 0.3) is 0 Å². The lowest BCUT2D eigenvalue weighted by atomic mass is 10.4. The monoisotopic (exact) mass is 296 g/mol. The first-order valence-corrected chi connectivity index (χ1v) is 7.66. The van der Waals surface area contributed by atoms with Gasteiger partial charge in [0, 0.05) is 23.5 Å². The number of anilines is 1. The molecule has 2 aromatic rings. The zero-order valence-corrected chi connectivity index (χ0v) is 12.8. The molecular formula is C12H16N4OS2. The van der Waals surface area contributed by atoms with Crippen molar-refractivity contribution in [3.8, 4) is 0 Å². The van der Waals surface area contributed by atoms with Gasteiger partial charge in [0.2, 0.25) is 0 Å². The SMILES string of the molecule is CCc1cnc(CN(C)C(=O)Nc2nc(C)cs2)s1. The fourth-order valence-electron chi connectivity index (χ4n) is 1.46. The third-order valence-corrected chi connectivity index (χ3v) is 4.50. The molecule has 102 valence electrons. The van der Waals surface area contributed by atoms with Crippen molar-refractivity contribution in [2.24, 2.45) is 0 Å². The van der Waals surface area contributed by atoms with E-state index in [4.69, 9.17) is 0 Å². The number of aromatic nitrogens is 2. The molecule has 2 aromatic heterocycles. The summed E-state index contributed by atoms with van der Waals surface area (Å²) in [6.45, 7) is 4.51. The van der Waals surface area contributed by atoms with Crippen LogP contribution in [0.4, 0.5) is 9.93 Å². The second kappa shape index (κ2) is 6.12. The number of thiazole rings is 2. The molecule has 0 aliphatic heterocycles. The molecule has 0 aliphatic carbocycles. The summed E-state index contributed by atoms with van der Waals surface area (Å²) in [5.74, 6) is 0. The number of aryl methyl sites for hydroxylation is 2. The number of amides is 2. The van der Waals surface area contributed by atoms with E-state index in [0.29, 0.717) is 11.7 Å². The van der Waals surface area contributed by atoms with Crippen LogP contribution in [0.1, 0.15) is 22.5 Å². The molecule has 0 radical (unpaired) electrons. The van der Waals surface area contributed by atoms with E-state index in [1.807, 2.05) is 18.5 Å². The van der Waals surface area contributed by atoms with Gasteiger partial charge in [-0.3, -0.25) is 5.32 Å². The van der Waals surface area contributed by atoms with Gasteiger partial charge < -0.3 is 4.90 Å². The molecular weight excluding hydrogens is 280 g/mol. The molecule has 0 bridgehead atoms. The van der Waals surface area contributed by atoms with Crippen molar-refractivity contribution in [2.45, 2.75) is 26.8 Å². The van der Waals surface area contributed by atoms with Gasteiger partial charge in [-0.25, -0.2) is 14.8 Å². The maximum absolute atomic E-state index is 12.0. The van der Waals surface area contributed by atoms with E-state index in [1.165, 1.54) is 16.2 Å². The molecule has 2 amide bonds. The van der Waals surface area contributed by atoms with Crippen molar-refractivity contribution >= 4 is 33.8 Å². The summed E-state index contributed by atoms with van der Waals surface area (Å²) < 4.78 is 0. The van der Waals surface area contributed by atoms with Crippen LogP contribution in [0.25, 0.3) is 0 Å². The third kappa shape index (κ3) is 3.74. The number of carbonyl (C=O) groups excluding carboxylic acids is 1. The Morgan fingerprint density at radius 3 is 2.89 bits per heavy atom. The summed E-state index contributed by atoms with van der Waals surface area (Å²) >= 11 is 3.07.